The van der Waals surface area contributed by atoms with Crippen molar-refractivity contribution < 1.29 is 12.8 Å². The fraction of sp³-hybridized carbons (Fsp3) is 0.571. The lowest BCUT2D eigenvalue weighted by Crippen LogP contribution is -2.39. The summed E-state index contributed by atoms with van der Waals surface area (Å²) in [6.07, 6.45) is 5.58. The smallest absolute Gasteiger partial charge is 0.242 e. The van der Waals surface area contributed by atoms with Crippen molar-refractivity contribution in [2.45, 2.75) is 50.0 Å². The van der Waals surface area contributed by atoms with Crippen molar-refractivity contribution in [1.82, 2.24) is 4.72 Å². The predicted octanol–water partition coefficient (Wildman–Crippen LogP) is 3.42. The molecule has 21 heavy (non-hydrogen) atoms. The SMILES string of the molecule is CC(NS(=O)(=O)c1cc(N)c(F)cc1Br)C1CCCCC1. The lowest BCUT2D eigenvalue weighted by atomic mass is 9.85. The maximum Gasteiger partial charge on any atom is 0.242 e. The van der Waals surface area contributed by atoms with E-state index in [1.165, 1.54) is 6.42 Å². The first-order valence-electron chi connectivity index (χ1n) is 7.08. The lowest BCUT2D eigenvalue weighted by molar-refractivity contribution is 0.303. The van der Waals surface area contributed by atoms with Crippen molar-refractivity contribution in [3.05, 3.63) is 22.4 Å². The van der Waals surface area contributed by atoms with Crippen molar-refractivity contribution in [3.63, 3.8) is 0 Å². The summed E-state index contributed by atoms with van der Waals surface area (Å²) in [5.41, 5.74) is 5.29. The fourth-order valence-electron chi connectivity index (χ4n) is 2.79. The van der Waals surface area contributed by atoms with E-state index in [2.05, 4.69) is 20.7 Å². The molecule has 2 rings (SSSR count). The Hall–Kier alpha value is -0.660. The number of nitrogen functional groups attached to an aromatic ring is 1. The molecule has 4 nitrogen and oxygen atoms in total. The Labute approximate surface area is 133 Å². The van der Waals surface area contributed by atoms with Crippen LogP contribution in [-0.2, 0) is 10.0 Å². The molecule has 1 unspecified atom stereocenters. The second kappa shape index (κ2) is 6.62. The first-order chi connectivity index (χ1) is 9.81. The Morgan fingerprint density at radius 2 is 1.95 bits per heavy atom. The van der Waals surface area contributed by atoms with Gasteiger partial charge >= 0.3 is 0 Å². The highest BCUT2D eigenvalue weighted by molar-refractivity contribution is 9.10. The Kier molecular flexibility index (Phi) is 5.27. The highest BCUT2D eigenvalue weighted by Crippen LogP contribution is 2.30. The number of halogens is 2. The zero-order chi connectivity index (χ0) is 15.6. The summed E-state index contributed by atoms with van der Waals surface area (Å²) in [4.78, 5) is -0.0240. The van der Waals surface area contributed by atoms with Gasteiger partial charge in [-0.25, -0.2) is 17.5 Å². The number of benzene rings is 1. The van der Waals surface area contributed by atoms with Gasteiger partial charge in [-0.05, 0) is 53.7 Å². The Morgan fingerprint density at radius 3 is 2.57 bits per heavy atom. The number of nitrogens with one attached hydrogen (secondary N) is 1. The second-order valence-electron chi connectivity index (χ2n) is 5.61. The molecular formula is C14H20BrFN2O2S. The number of anilines is 1. The zero-order valence-electron chi connectivity index (χ0n) is 11.9. The predicted molar refractivity (Wildman–Crippen MR) is 84.9 cm³/mol. The van der Waals surface area contributed by atoms with Crippen molar-refractivity contribution in [2.75, 3.05) is 5.73 Å². The van der Waals surface area contributed by atoms with E-state index in [1.807, 2.05) is 6.92 Å². The molecule has 0 amide bonds. The minimum absolute atomic E-state index is 0.0240. The standard InChI is InChI=1S/C14H20BrFN2O2S/c1-9(10-5-3-2-4-6-10)18-21(19,20)14-8-13(17)12(16)7-11(14)15/h7-10,18H,2-6,17H2,1H3. The first-order valence-corrected chi connectivity index (χ1v) is 9.35. The van der Waals surface area contributed by atoms with Gasteiger partial charge in [-0.1, -0.05) is 19.3 Å². The number of nitrogens with two attached hydrogens (primary N) is 1. The molecule has 0 saturated heterocycles. The second-order valence-corrected chi connectivity index (χ2v) is 8.15. The quantitative estimate of drug-likeness (QED) is 0.788. The highest BCUT2D eigenvalue weighted by atomic mass is 79.9. The van der Waals surface area contributed by atoms with Crippen LogP contribution in [0.4, 0.5) is 10.1 Å². The average Bonchev–Trinajstić information content (AvgIpc) is 2.43. The Morgan fingerprint density at radius 1 is 1.33 bits per heavy atom. The molecule has 1 aromatic carbocycles. The normalized spacial score (nSPS) is 18.6. The van der Waals surface area contributed by atoms with Crippen LogP contribution in [0.3, 0.4) is 0 Å². The van der Waals surface area contributed by atoms with E-state index in [4.69, 9.17) is 5.73 Å². The molecule has 3 N–H and O–H groups in total. The van der Waals surface area contributed by atoms with E-state index >= 15 is 0 Å². The maximum atomic E-state index is 13.3. The maximum absolute atomic E-state index is 13.3. The Bertz CT molecular complexity index is 616. The minimum Gasteiger partial charge on any atom is -0.396 e. The summed E-state index contributed by atoms with van der Waals surface area (Å²) in [6, 6.07) is 2.08. The van der Waals surface area contributed by atoms with Crippen LogP contribution in [0.25, 0.3) is 0 Å². The van der Waals surface area contributed by atoms with Gasteiger partial charge in [-0.2, -0.15) is 0 Å². The molecule has 1 fully saturated rings. The third-order valence-electron chi connectivity index (χ3n) is 4.04. The number of hydrogen-bond donors (Lipinski definition) is 2. The molecule has 0 aliphatic heterocycles. The number of sulfonamides is 1. The largest absolute Gasteiger partial charge is 0.396 e. The molecule has 118 valence electrons. The van der Waals surface area contributed by atoms with Gasteiger partial charge in [-0.15, -0.1) is 0 Å². The molecular weight excluding hydrogens is 359 g/mol. The van der Waals surface area contributed by atoms with Crippen LogP contribution in [0, 0.1) is 11.7 Å². The van der Waals surface area contributed by atoms with E-state index in [0.29, 0.717) is 5.92 Å². The van der Waals surface area contributed by atoms with Gasteiger partial charge in [0.25, 0.3) is 0 Å². The van der Waals surface area contributed by atoms with Crippen molar-refractivity contribution in [1.29, 1.82) is 0 Å². The van der Waals surface area contributed by atoms with Gasteiger partial charge in [0.1, 0.15) is 5.82 Å². The number of hydrogen-bond acceptors (Lipinski definition) is 3. The highest BCUT2D eigenvalue weighted by Gasteiger charge is 2.27. The van der Waals surface area contributed by atoms with Crippen LogP contribution in [0.2, 0.25) is 0 Å². The average molecular weight is 379 g/mol. The zero-order valence-corrected chi connectivity index (χ0v) is 14.3. The van der Waals surface area contributed by atoms with Gasteiger partial charge in [-0.3, -0.25) is 0 Å². The van der Waals surface area contributed by atoms with Gasteiger partial charge in [0, 0.05) is 10.5 Å². The van der Waals surface area contributed by atoms with Crippen LogP contribution in [0.15, 0.2) is 21.5 Å². The van der Waals surface area contributed by atoms with Gasteiger partial charge in [0.2, 0.25) is 10.0 Å². The molecule has 1 saturated carbocycles. The molecule has 0 radical (unpaired) electrons. The molecule has 0 aromatic heterocycles. The monoisotopic (exact) mass is 378 g/mol. The lowest BCUT2D eigenvalue weighted by Gasteiger charge is -2.28. The third-order valence-corrected chi connectivity index (χ3v) is 6.56. The summed E-state index contributed by atoms with van der Waals surface area (Å²) >= 11 is 3.09. The van der Waals surface area contributed by atoms with E-state index in [-0.39, 0.29) is 21.1 Å². The van der Waals surface area contributed by atoms with Crippen molar-refractivity contribution in [3.8, 4) is 0 Å². The molecule has 1 aliphatic carbocycles. The molecule has 0 heterocycles. The van der Waals surface area contributed by atoms with Crippen molar-refractivity contribution in [2.24, 2.45) is 5.92 Å². The summed E-state index contributed by atoms with van der Waals surface area (Å²) in [6.45, 7) is 1.88. The van der Waals surface area contributed by atoms with E-state index < -0.39 is 15.8 Å². The van der Waals surface area contributed by atoms with Gasteiger partial charge in [0.15, 0.2) is 0 Å². The van der Waals surface area contributed by atoms with Crippen LogP contribution in [0.5, 0.6) is 0 Å². The van der Waals surface area contributed by atoms with Crippen LogP contribution < -0.4 is 10.5 Å². The topological polar surface area (TPSA) is 72.2 Å². The summed E-state index contributed by atoms with van der Waals surface area (Å²) in [5.74, 6) is -0.286. The molecule has 0 spiro atoms. The molecule has 1 aromatic rings. The third kappa shape index (κ3) is 3.96. The molecule has 0 bridgehead atoms. The van der Waals surface area contributed by atoms with Gasteiger partial charge in [0.05, 0.1) is 10.6 Å². The summed E-state index contributed by atoms with van der Waals surface area (Å²) < 4.78 is 41.1. The summed E-state index contributed by atoms with van der Waals surface area (Å²) in [7, 11) is -3.72. The van der Waals surface area contributed by atoms with Gasteiger partial charge < -0.3 is 5.73 Å². The molecule has 1 aliphatic rings. The van der Waals surface area contributed by atoms with E-state index in [0.717, 1.165) is 37.8 Å². The van der Waals surface area contributed by atoms with Crippen LogP contribution in [0.1, 0.15) is 39.0 Å². The van der Waals surface area contributed by atoms with Crippen molar-refractivity contribution >= 4 is 31.6 Å². The number of rotatable bonds is 4. The van der Waals surface area contributed by atoms with E-state index in [1.54, 1.807) is 0 Å². The molecule has 7 heteroatoms. The van der Waals surface area contributed by atoms with Crippen LogP contribution >= 0.6 is 15.9 Å². The minimum atomic E-state index is -3.72. The fourth-order valence-corrected chi connectivity index (χ4v) is 5.15. The Balaban J connectivity index is 2.20. The first kappa shape index (κ1) is 16.7. The summed E-state index contributed by atoms with van der Waals surface area (Å²) in [5, 5.41) is 0. The molecule has 1 atom stereocenters. The van der Waals surface area contributed by atoms with Crippen LogP contribution in [-0.4, -0.2) is 14.5 Å². The van der Waals surface area contributed by atoms with E-state index in [9.17, 15) is 12.8 Å².